The molecule has 0 amide bonds. The average Bonchev–Trinajstić information content (AvgIpc) is 2.66. The smallest absolute Gasteiger partial charge is 0.286 e. The summed E-state index contributed by atoms with van der Waals surface area (Å²) in [5.74, 6) is 0. The summed E-state index contributed by atoms with van der Waals surface area (Å²) in [6.07, 6.45) is 3.59. The summed E-state index contributed by atoms with van der Waals surface area (Å²) >= 11 is 0. The van der Waals surface area contributed by atoms with Crippen LogP contribution in [0.15, 0.2) is 60.7 Å². The highest BCUT2D eigenvalue weighted by molar-refractivity contribution is 5.86. The maximum absolute atomic E-state index is 13.2. The van der Waals surface area contributed by atoms with Crippen molar-refractivity contribution in [2.24, 2.45) is 0 Å². The predicted molar refractivity (Wildman–Crippen MR) is 94.6 cm³/mol. The molecule has 0 bridgehead atoms. The molecular formula is C20H20N2O2. The Labute approximate surface area is 141 Å². The van der Waals surface area contributed by atoms with Crippen molar-refractivity contribution in [1.82, 2.24) is 5.06 Å². The molecule has 0 unspecified atom stereocenters. The monoisotopic (exact) mass is 320 g/mol. The fraction of sp³-hybridized carbons (Fsp3) is 0.300. The van der Waals surface area contributed by atoms with E-state index in [0.29, 0.717) is 11.4 Å². The molecule has 4 heteroatoms. The number of hydroxylamine groups is 2. The van der Waals surface area contributed by atoms with Crippen LogP contribution in [0.5, 0.6) is 0 Å². The van der Waals surface area contributed by atoms with E-state index in [0.717, 1.165) is 46.6 Å². The molecule has 1 heterocycles. The SMILES string of the molecule is O=[N+]1C(c2ccccc2)=C(c2ccccc2)N([O-])[C@@H]2CCCC[C@@H]21. The quantitative estimate of drug-likeness (QED) is 0.770. The van der Waals surface area contributed by atoms with Crippen LogP contribution in [0.2, 0.25) is 0 Å². The van der Waals surface area contributed by atoms with Gasteiger partial charge in [-0.15, -0.1) is 0 Å². The van der Waals surface area contributed by atoms with Crippen LogP contribution in [-0.2, 0) is 0 Å². The van der Waals surface area contributed by atoms with Gasteiger partial charge in [-0.05, 0) is 25.0 Å². The summed E-state index contributed by atoms with van der Waals surface area (Å²) < 4.78 is 1.11. The molecule has 2 aromatic carbocycles. The Morgan fingerprint density at radius 2 is 1.46 bits per heavy atom. The highest BCUT2D eigenvalue weighted by atomic mass is 16.5. The van der Waals surface area contributed by atoms with Crippen LogP contribution in [0, 0.1) is 10.1 Å². The molecule has 1 aliphatic heterocycles. The molecule has 122 valence electrons. The molecule has 0 spiro atoms. The van der Waals surface area contributed by atoms with E-state index in [9.17, 15) is 10.1 Å². The van der Waals surface area contributed by atoms with Gasteiger partial charge in [-0.3, -0.25) is 0 Å². The number of fused-ring (bicyclic) bond motifs is 1. The van der Waals surface area contributed by atoms with Gasteiger partial charge in [0.15, 0.2) is 0 Å². The first-order valence-electron chi connectivity index (χ1n) is 8.55. The third-order valence-corrected chi connectivity index (χ3v) is 5.06. The number of hydrogen-bond donors (Lipinski definition) is 0. The standard InChI is InChI=1S/C20H20N2O2/c23-21-17-13-7-8-14-18(17)22(24)20(16-11-5-2-6-12-16)19(21)15-9-3-1-4-10-15/h1-6,9-12,17-18H,7-8,13-14H2/t17-,18+. The topological polar surface area (TPSA) is 46.4 Å². The Bertz CT molecular complexity index is 771. The number of nitrogens with zero attached hydrogens (tertiary/aromatic N) is 2. The first-order valence-corrected chi connectivity index (χ1v) is 8.55. The summed E-state index contributed by atoms with van der Waals surface area (Å²) in [6.45, 7) is 0. The van der Waals surface area contributed by atoms with Gasteiger partial charge in [0.25, 0.3) is 5.70 Å². The first kappa shape index (κ1) is 15.1. The minimum atomic E-state index is -0.251. The van der Waals surface area contributed by atoms with Crippen molar-refractivity contribution in [2.45, 2.75) is 37.8 Å². The molecule has 0 aromatic heterocycles. The molecular weight excluding hydrogens is 300 g/mol. The largest absolute Gasteiger partial charge is 0.758 e. The second-order valence-electron chi connectivity index (χ2n) is 6.50. The van der Waals surface area contributed by atoms with E-state index in [1.165, 1.54) is 0 Å². The summed E-state index contributed by atoms with van der Waals surface area (Å²) in [6, 6.07) is 18.6. The highest BCUT2D eigenvalue weighted by Crippen LogP contribution is 2.41. The molecule has 2 atom stereocenters. The van der Waals surface area contributed by atoms with Crippen molar-refractivity contribution in [2.75, 3.05) is 0 Å². The Balaban J connectivity index is 1.94. The number of nitroso groups, excluding NO2 is 1. The minimum Gasteiger partial charge on any atom is -0.758 e. The lowest BCUT2D eigenvalue weighted by Gasteiger charge is -2.46. The molecule has 0 radical (unpaired) electrons. The van der Waals surface area contributed by atoms with Crippen LogP contribution in [0.3, 0.4) is 0 Å². The lowest BCUT2D eigenvalue weighted by molar-refractivity contribution is -0.514. The summed E-state index contributed by atoms with van der Waals surface area (Å²) in [5, 5.41) is 14.3. The molecule has 2 aromatic rings. The van der Waals surface area contributed by atoms with Gasteiger partial charge in [-0.1, -0.05) is 55.0 Å². The molecule has 1 saturated carbocycles. The van der Waals surface area contributed by atoms with Crippen molar-refractivity contribution in [3.63, 3.8) is 0 Å². The minimum absolute atomic E-state index is 0.251. The van der Waals surface area contributed by atoms with Gasteiger partial charge in [-0.2, -0.15) is 0 Å². The Kier molecular flexibility index (Phi) is 3.90. The summed E-state index contributed by atoms with van der Waals surface area (Å²) in [4.78, 5) is 13.2. The van der Waals surface area contributed by atoms with Gasteiger partial charge in [0, 0.05) is 21.7 Å². The number of benzene rings is 2. The van der Waals surface area contributed by atoms with Crippen molar-refractivity contribution in [3.8, 4) is 0 Å². The van der Waals surface area contributed by atoms with Crippen LogP contribution in [0.1, 0.15) is 36.8 Å². The van der Waals surface area contributed by atoms with E-state index in [-0.39, 0.29) is 12.1 Å². The fourth-order valence-corrected chi connectivity index (χ4v) is 3.90. The fourth-order valence-electron chi connectivity index (χ4n) is 3.90. The molecule has 0 saturated heterocycles. The zero-order valence-electron chi connectivity index (χ0n) is 13.5. The summed E-state index contributed by atoms with van der Waals surface area (Å²) in [7, 11) is 0. The molecule has 4 rings (SSSR count). The van der Waals surface area contributed by atoms with Gasteiger partial charge in [0.05, 0.1) is 11.6 Å². The van der Waals surface area contributed by atoms with Gasteiger partial charge in [0.1, 0.15) is 5.70 Å². The highest BCUT2D eigenvalue weighted by Gasteiger charge is 2.47. The lowest BCUT2D eigenvalue weighted by Crippen LogP contribution is -2.50. The van der Waals surface area contributed by atoms with E-state index in [1.54, 1.807) is 0 Å². The van der Waals surface area contributed by atoms with Gasteiger partial charge < -0.3 is 10.3 Å². The molecule has 1 aliphatic carbocycles. The van der Waals surface area contributed by atoms with Crippen LogP contribution in [0.25, 0.3) is 11.4 Å². The third kappa shape index (κ3) is 2.43. The van der Waals surface area contributed by atoms with E-state index < -0.39 is 0 Å². The Hall–Kier alpha value is -2.46. The van der Waals surface area contributed by atoms with Crippen molar-refractivity contribution in [3.05, 3.63) is 81.9 Å². The van der Waals surface area contributed by atoms with Crippen molar-refractivity contribution >= 4 is 11.4 Å². The second-order valence-corrected chi connectivity index (χ2v) is 6.50. The molecule has 1 fully saturated rings. The van der Waals surface area contributed by atoms with Crippen LogP contribution in [-0.4, -0.2) is 21.9 Å². The van der Waals surface area contributed by atoms with E-state index in [2.05, 4.69) is 0 Å². The number of hydrogen-bond acceptors (Lipinski definition) is 3. The summed E-state index contributed by atoms with van der Waals surface area (Å²) in [5.41, 5.74) is 2.60. The van der Waals surface area contributed by atoms with Crippen LogP contribution >= 0.6 is 0 Å². The van der Waals surface area contributed by atoms with E-state index >= 15 is 0 Å². The van der Waals surface area contributed by atoms with Crippen LogP contribution in [0.4, 0.5) is 0 Å². The van der Waals surface area contributed by atoms with Gasteiger partial charge in [-0.25, -0.2) is 0 Å². The van der Waals surface area contributed by atoms with Crippen molar-refractivity contribution < 1.29 is 4.76 Å². The maximum Gasteiger partial charge on any atom is 0.286 e. The number of rotatable bonds is 2. The van der Waals surface area contributed by atoms with E-state index in [1.807, 2.05) is 60.7 Å². The third-order valence-electron chi connectivity index (χ3n) is 5.06. The van der Waals surface area contributed by atoms with Gasteiger partial charge in [0.2, 0.25) is 6.04 Å². The zero-order valence-corrected chi connectivity index (χ0v) is 13.5. The Morgan fingerprint density at radius 1 is 0.875 bits per heavy atom. The normalized spacial score (nSPS) is 24.0. The van der Waals surface area contributed by atoms with Crippen molar-refractivity contribution in [1.29, 1.82) is 0 Å². The average molecular weight is 320 g/mol. The molecule has 24 heavy (non-hydrogen) atoms. The molecule has 4 nitrogen and oxygen atoms in total. The molecule has 0 N–H and O–H groups in total. The predicted octanol–water partition coefficient (Wildman–Crippen LogP) is 4.42. The van der Waals surface area contributed by atoms with Gasteiger partial charge >= 0.3 is 0 Å². The Morgan fingerprint density at radius 3 is 2.12 bits per heavy atom. The molecule has 2 aliphatic rings. The zero-order chi connectivity index (χ0) is 16.5. The lowest BCUT2D eigenvalue weighted by atomic mass is 9.86. The maximum atomic E-state index is 13.2. The second kappa shape index (κ2) is 6.21. The first-order chi connectivity index (χ1) is 11.8. The van der Waals surface area contributed by atoms with E-state index in [4.69, 9.17) is 0 Å². The van der Waals surface area contributed by atoms with Crippen LogP contribution < -0.4 is 0 Å².